The monoisotopic (exact) mass is 215 g/mol. The number of amidine groups is 1. The van der Waals surface area contributed by atoms with E-state index in [-0.39, 0.29) is 0 Å². The van der Waals surface area contributed by atoms with Crippen molar-refractivity contribution in [2.75, 3.05) is 31.1 Å². The molecule has 3 nitrogen and oxygen atoms in total. The van der Waals surface area contributed by atoms with E-state index in [0.29, 0.717) is 5.84 Å². The van der Waals surface area contributed by atoms with Crippen molar-refractivity contribution in [1.29, 1.82) is 5.41 Å². The van der Waals surface area contributed by atoms with Gasteiger partial charge in [0.25, 0.3) is 0 Å². The van der Waals surface area contributed by atoms with E-state index in [1.165, 1.54) is 44.0 Å². The lowest BCUT2D eigenvalue weighted by Gasteiger charge is -2.18. The first-order chi connectivity index (χ1) is 6.79. The molecule has 0 bridgehead atoms. The summed E-state index contributed by atoms with van der Waals surface area (Å²) in [6.07, 6.45) is 4.35. The molecule has 3 N–H and O–H groups in total. The van der Waals surface area contributed by atoms with Crippen LogP contribution in [0.1, 0.15) is 25.7 Å². The molecule has 4 heteroatoms. The fourth-order valence-electron chi connectivity index (χ4n) is 1.67. The van der Waals surface area contributed by atoms with Crippen LogP contribution in [0.2, 0.25) is 0 Å². The summed E-state index contributed by atoms with van der Waals surface area (Å²) in [6, 6.07) is 0. The smallest absolute Gasteiger partial charge is 0.0905 e. The van der Waals surface area contributed by atoms with E-state index in [9.17, 15) is 0 Å². The summed E-state index contributed by atoms with van der Waals surface area (Å²) in [7, 11) is 0. The number of hydrogen-bond donors (Lipinski definition) is 2. The Hall–Kier alpha value is -0.220. The zero-order chi connectivity index (χ0) is 10.2. The fraction of sp³-hybridized carbons (Fsp3) is 0.900. The topological polar surface area (TPSA) is 53.1 Å². The lowest BCUT2D eigenvalue weighted by Crippen LogP contribution is -2.27. The maximum Gasteiger partial charge on any atom is 0.0905 e. The van der Waals surface area contributed by atoms with Crippen LogP contribution in [0, 0.1) is 5.41 Å². The first kappa shape index (κ1) is 11.9. The van der Waals surface area contributed by atoms with Gasteiger partial charge in [-0.2, -0.15) is 11.8 Å². The molecule has 0 radical (unpaired) electrons. The number of thioether (sulfide) groups is 1. The van der Waals surface area contributed by atoms with E-state index in [1.54, 1.807) is 0 Å². The average Bonchev–Trinajstić information content (AvgIpc) is 2.40. The van der Waals surface area contributed by atoms with Crippen LogP contribution in [0.25, 0.3) is 0 Å². The molecule has 14 heavy (non-hydrogen) atoms. The standard InChI is InChI=1S/C10H21N3S/c11-10(12)4-1-2-5-13-6-3-8-14-9-7-13/h1-9H2,(H3,11,12). The zero-order valence-corrected chi connectivity index (χ0v) is 9.61. The van der Waals surface area contributed by atoms with Gasteiger partial charge < -0.3 is 10.6 Å². The Morgan fingerprint density at radius 2 is 2.14 bits per heavy atom. The van der Waals surface area contributed by atoms with Crippen LogP contribution < -0.4 is 5.73 Å². The molecule has 0 unspecified atom stereocenters. The molecule has 82 valence electrons. The second-order valence-corrected chi connectivity index (χ2v) is 5.01. The molecule has 0 atom stereocenters. The number of rotatable bonds is 5. The molecule has 0 aromatic carbocycles. The van der Waals surface area contributed by atoms with Gasteiger partial charge in [0.1, 0.15) is 0 Å². The Labute approximate surface area is 90.9 Å². The van der Waals surface area contributed by atoms with E-state index in [0.717, 1.165) is 12.8 Å². The SMILES string of the molecule is N=C(N)CCCCN1CCCSCC1. The molecule has 0 aromatic rings. The van der Waals surface area contributed by atoms with E-state index in [1.807, 2.05) is 0 Å². The number of nitrogens with two attached hydrogens (primary N) is 1. The van der Waals surface area contributed by atoms with Crippen LogP contribution in [0.3, 0.4) is 0 Å². The minimum atomic E-state index is 0.330. The van der Waals surface area contributed by atoms with E-state index in [4.69, 9.17) is 11.1 Å². The van der Waals surface area contributed by atoms with Crippen LogP contribution in [0.5, 0.6) is 0 Å². The molecule has 0 aliphatic carbocycles. The first-order valence-corrected chi connectivity index (χ1v) is 6.57. The maximum absolute atomic E-state index is 7.11. The Kier molecular flexibility index (Phi) is 6.03. The van der Waals surface area contributed by atoms with Gasteiger partial charge in [0.05, 0.1) is 5.84 Å². The third kappa shape index (κ3) is 5.50. The quantitative estimate of drug-likeness (QED) is 0.415. The van der Waals surface area contributed by atoms with Crippen molar-refractivity contribution >= 4 is 17.6 Å². The molecule has 1 saturated heterocycles. The normalized spacial score (nSPS) is 19.1. The number of unbranched alkanes of at least 4 members (excludes halogenated alkanes) is 1. The minimum absolute atomic E-state index is 0.330. The van der Waals surface area contributed by atoms with Gasteiger partial charge in [-0.15, -0.1) is 0 Å². The fourth-order valence-corrected chi connectivity index (χ4v) is 2.60. The largest absolute Gasteiger partial charge is 0.388 e. The van der Waals surface area contributed by atoms with Gasteiger partial charge in [-0.3, -0.25) is 5.41 Å². The lowest BCUT2D eigenvalue weighted by atomic mass is 10.2. The zero-order valence-electron chi connectivity index (χ0n) is 8.80. The summed E-state index contributed by atoms with van der Waals surface area (Å²) < 4.78 is 0. The molecular formula is C10H21N3S. The molecule has 0 aromatic heterocycles. The second-order valence-electron chi connectivity index (χ2n) is 3.79. The molecule has 0 amide bonds. The predicted octanol–water partition coefficient (Wildman–Crippen LogP) is 1.53. The van der Waals surface area contributed by atoms with Crippen LogP contribution in [-0.2, 0) is 0 Å². The van der Waals surface area contributed by atoms with Gasteiger partial charge in [0, 0.05) is 18.7 Å². The molecule has 0 spiro atoms. The molecule has 1 fully saturated rings. The maximum atomic E-state index is 7.11. The number of hydrogen-bond acceptors (Lipinski definition) is 3. The van der Waals surface area contributed by atoms with Gasteiger partial charge in [-0.1, -0.05) is 0 Å². The van der Waals surface area contributed by atoms with Crippen LogP contribution in [-0.4, -0.2) is 41.9 Å². The van der Waals surface area contributed by atoms with Crippen molar-refractivity contribution in [1.82, 2.24) is 4.90 Å². The molecular weight excluding hydrogens is 194 g/mol. The van der Waals surface area contributed by atoms with Crippen LogP contribution in [0.15, 0.2) is 0 Å². The number of nitrogens with zero attached hydrogens (tertiary/aromatic N) is 1. The Balaban J connectivity index is 2.01. The second kappa shape index (κ2) is 7.12. The third-order valence-electron chi connectivity index (χ3n) is 2.49. The third-order valence-corrected chi connectivity index (χ3v) is 3.53. The molecule has 1 aliphatic rings. The van der Waals surface area contributed by atoms with E-state index >= 15 is 0 Å². The van der Waals surface area contributed by atoms with Gasteiger partial charge in [0.2, 0.25) is 0 Å². The highest BCUT2D eigenvalue weighted by atomic mass is 32.2. The van der Waals surface area contributed by atoms with Gasteiger partial charge in [-0.05, 0) is 38.1 Å². The highest BCUT2D eigenvalue weighted by molar-refractivity contribution is 7.99. The van der Waals surface area contributed by atoms with Crippen LogP contribution in [0.4, 0.5) is 0 Å². The molecule has 1 rings (SSSR count). The van der Waals surface area contributed by atoms with Crippen molar-refractivity contribution in [3.8, 4) is 0 Å². The summed E-state index contributed by atoms with van der Waals surface area (Å²) in [5.41, 5.74) is 5.30. The lowest BCUT2D eigenvalue weighted by molar-refractivity contribution is 0.290. The molecule has 1 heterocycles. The Bertz CT molecular complexity index is 165. The Morgan fingerprint density at radius 3 is 2.93 bits per heavy atom. The van der Waals surface area contributed by atoms with Crippen molar-refractivity contribution in [3.63, 3.8) is 0 Å². The Morgan fingerprint density at radius 1 is 1.29 bits per heavy atom. The summed E-state index contributed by atoms with van der Waals surface area (Å²) >= 11 is 2.07. The van der Waals surface area contributed by atoms with Gasteiger partial charge in [-0.25, -0.2) is 0 Å². The predicted molar refractivity (Wildman–Crippen MR) is 64.1 cm³/mol. The summed E-state index contributed by atoms with van der Waals surface area (Å²) in [5, 5.41) is 7.11. The van der Waals surface area contributed by atoms with Crippen molar-refractivity contribution in [2.24, 2.45) is 5.73 Å². The van der Waals surface area contributed by atoms with E-state index in [2.05, 4.69) is 16.7 Å². The summed E-state index contributed by atoms with van der Waals surface area (Å²) in [6.45, 7) is 3.69. The molecule has 1 aliphatic heterocycles. The van der Waals surface area contributed by atoms with Crippen molar-refractivity contribution < 1.29 is 0 Å². The highest BCUT2D eigenvalue weighted by Crippen LogP contribution is 2.10. The highest BCUT2D eigenvalue weighted by Gasteiger charge is 2.07. The van der Waals surface area contributed by atoms with Gasteiger partial charge >= 0.3 is 0 Å². The van der Waals surface area contributed by atoms with Crippen LogP contribution >= 0.6 is 11.8 Å². The summed E-state index contributed by atoms with van der Waals surface area (Å²) in [4.78, 5) is 2.54. The van der Waals surface area contributed by atoms with E-state index < -0.39 is 0 Å². The first-order valence-electron chi connectivity index (χ1n) is 5.42. The van der Waals surface area contributed by atoms with Crippen molar-refractivity contribution in [2.45, 2.75) is 25.7 Å². The number of nitrogens with one attached hydrogen (secondary N) is 1. The minimum Gasteiger partial charge on any atom is -0.388 e. The van der Waals surface area contributed by atoms with Crippen molar-refractivity contribution in [3.05, 3.63) is 0 Å². The average molecular weight is 215 g/mol. The van der Waals surface area contributed by atoms with Gasteiger partial charge in [0.15, 0.2) is 0 Å². The summed E-state index contributed by atoms with van der Waals surface area (Å²) in [5.74, 6) is 2.94. The molecule has 0 saturated carbocycles.